The highest BCUT2D eigenvalue weighted by Crippen LogP contribution is 2.31. The van der Waals surface area contributed by atoms with Crippen LogP contribution in [0.2, 0.25) is 0 Å². The van der Waals surface area contributed by atoms with Crippen molar-refractivity contribution in [3.63, 3.8) is 0 Å². The molecule has 1 aliphatic rings. The van der Waals surface area contributed by atoms with Gasteiger partial charge in [-0.15, -0.1) is 0 Å². The SMILES string of the molecule is O=C(COc1ccc(-c2cnc3nc2NCCCNS(=O)(=O)c2cccc(c2)N3)cc1)c1cccc(C(F)(F)F)c1. The molecule has 0 unspecified atom stereocenters. The van der Waals surface area contributed by atoms with Gasteiger partial charge in [0.1, 0.15) is 11.6 Å². The number of halogens is 3. The second kappa shape index (κ2) is 11.6. The third kappa shape index (κ3) is 6.81. The number of aromatic nitrogens is 2. The molecule has 0 aliphatic carbocycles. The summed E-state index contributed by atoms with van der Waals surface area (Å²) in [6.45, 7) is 0.232. The Morgan fingerprint density at radius 1 is 0.976 bits per heavy atom. The lowest BCUT2D eigenvalue weighted by atomic mass is 10.1. The van der Waals surface area contributed by atoms with E-state index in [2.05, 4.69) is 25.3 Å². The zero-order chi connectivity index (χ0) is 29.0. The quantitative estimate of drug-likeness (QED) is 0.272. The fourth-order valence-electron chi connectivity index (χ4n) is 4.08. The summed E-state index contributed by atoms with van der Waals surface area (Å²) in [4.78, 5) is 21.5. The number of carbonyl (C=O) groups excluding carboxylic acids is 1. The Morgan fingerprint density at radius 3 is 2.54 bits per heavy atom. The first-order valence-corrected chi connectivity index (χ1v) is 14.0. The molecule has 0 atom stereocenters. The molecule has 5 rings (SSSR count). The van der Waals surface area contributed by atoms with E-state index in [0.29, 0.717) is 35.8 Å². The second-order valence-corrected chi connectivity index (χ2v) is 10.9. The van der Waals surface area contributed by atoms with Crippen LogP contribution in [0.15, 0.2) is 83.9 Å². The standard InChI is InChI=1S/C28H24F3N5O4S/c29-28(30,31)20-5-1-4-19(14-20)25(37)17-40-22-10-8-18(9-11-22)24-16-33-27-35-21-6-2-7-23(15-21)41(38,39)34-13-3-12-32-26(24)36-27/h1-2,4-11,14-16,34H,3,12-13,17H2,(H2,32,33,35,36). The molecule has 1 aromatic heterocycles. The average Bonchev–Trinajstić information content (AvgIpc) is 2.96. The van der Waals surface area contributed by atoms with Crippen LogP contribution >= 0.6 is 0 Å². The van der Waals surface area contributed by atoms with E-state index >= 15 is 0 Å². The van der Waals surface area contributed by atoms with E-state index < -0.39 is 34.2 Å². The Bertz CT molecular complexity index is 1680. The number of ketones is 1. The summed E-state index contributed by atoms with van der Waals surface area (Å²) in [7, 11) is -3.66. The fraction of sp³-hybridized carbons (Fsp3) is 0.179. The molecule has 41 heavy (non-hydrogen) atoms. The molecule has 0 saturated heterocycles. The molecule has 3 N–H and O–H groups in total. The highest BCUT2D eigenvalue weighted by atomic mass is 32.2. The van der Waals surface area contributed by atoms with E-state index in [-0.39, 0.29) is 23.0 Å². The predicted octanol–water partition coefficient (Wildman–Crippen LogP) is 5.26. The van der Waals surface area contributed by atoms with Gasteiger partial charge in [0.2, 0.25) is 16.0 Å². The van der Waals surface area contributed by atoms with Gasteiger partial charge in [0.05, 0.1) is 10.5 Å². The molecule has 9 nitrogen and oxygen atoms in total. The molecule has 13 heteroatoms. The van der Waals surface area contributed by atoms with E-state index in [4.69, 9.17) is 4.74 Å². The molecule has 3 aromatic carbocycles. The average molecular weight is 584 g/mol. The molecule has 0 spiro atoms. The summed E-state index contributed by atoms with van der Waals surface area (Å²) in [6.07, 6.45) is -2.42. The molecule has 1 aliphatic heterocycles. The highest BCUT2D eigenvalue weighted by molar-refractivity contribution is 7.89. The number of benzene rings is 3. The van der Waals surface area contributed by atoms with Crippen molar-refractivity contribution in [3.05, 3.63) is 90.1 Å². The third-order valence-electron chi connectivity index (χ3n) is 6.17. The zero-order valence-electron chi connectivity index (χ0n) is 21.4. The van der Waals surface area contributed by atoms with E-state index in [1.54, 1.807) is 42.6 Å². The maximum Gasteiger partial charge on any atom is 0.416 e. The number of hydrogen-bond acceptors (Lipinski definition) is 8. The van der Waals surface area contributed by atoms with Crippen LogP contribution in [0.5, 0.6) is 5.75 Å². The van der Waals surface area contributed by atoms with Crippen LogP contribution in [0.25, 0.3) is 11.1 Å². The summed E-state index contributed by atoms with van der Waals surface area (Å²) in [6, 6.07) is 17.3. The largest absolute Gasteiger partial charge is 0.485 e. The van der Waals surface area contributed by atoms with Gasteiger partial charge in [-0.05, 0) is 54.4 Å². The van der Waals surface area contributed by atoms with Crippen molar-refractivity contribution in [2.45, 2.75) is 17.5 Å². The van der Waals surface area contributed by atoms with Crippen molar-refractivity contribution in [1.82, 2.24) is 14.7 Å². The number of fused-ring (bicyclic) bond motifs is 4. The maximum atomic E-state index is 13.0. The van der Waals surface area contributed by atoms with Crippen molar-refractivity contribution in [2.75, 3.05) is 30.3 Å². The summed E-state index contributed by atoms with van der Waals surface area (Å²) < 4.78 is 72.1. The van der Waals surface area contributed by atoms with E-state index in [0.717, 1.165) is 17.7 Å². The van der Waals surface area contributed by atoms with Gasteiger partial charge >= 0.3 is 6.18 Å². The van der Waals surface area contributed by atoms with Gasteiger partial charge in [0, 0.05) is 36.1 Å². The van der Waals surface area contributed by atoms with E-state index in [1.807, 2.05) is 0 Å². The number of anilines is 3. The number of Topliss-reactive ketones (excluding diaryl/α,β-unsaturated/α-hetero) is 1. The fourth-order valence-corrected chi connectivity index (χ4v) is 5.19. The lowest BCUT2D eigenvalue weighted by Crippen LogP contribution is -2.26. The van der Waals surface area contributed by atoms with Gasteiger partial charge < -0.3 is 15.4 Å². The van der Waals surface area contributed by atoms with Crippen molar-refractivity contribution in [1.29, 1.82) is 0 Å². The maximum absolute atomic E-state index is 13.0. The Hall–Kier alpha value is -4.49. The summed E-state index contributed by atoms with van der Waals surface area (Å²) in [5.41, 5.74) is 0.928. The predicted molar refractivity (Wildman–Crippen MR) is 147 cm³/mol. The number of ether oxygens (including phenoxy) is 1. The lowest BCUT2D eigenvalue weighted by molar-refractivity contribution is -0.137. The first kappa shape index (κ1) is 28.1. The minimum absolute atomic E-state index is 0.0899. The molecular weight excluding hydrogens is 559 g/mol. The molecule has 0 radical (unpaired) electrons. The van der Waals surface area contributed by atoms with Crippen molar-refractivity contribution in [3.8, 4) is 16.9 Å². The second-order valence-electron chi connectivity index (χ2n) is 9.10. The molecule has 2 heterocycles. The smallest absolute Gasteiger partial charge is 0.416 e. The number of rotatable bonds is 5. The summed E-state index contributed by atoms with van der Waals surface area (Å²) in [5.74, 6) is 0.563. The number of nitrogens with one attached hydrogen (secondary N) is 3. The first-order valence-electron chi connectivity index (χ1n) is 12.5. The monoisotopic (exact) mass is 583 g/mol. The van der Waals surface area contributed by atoms with E-state index in [1.165, 1.54) is 24.3 Å². The summed E-state index contributed by atoms with van der Waals surface area (Å²) in [5, 5.41) is 6.26. The normalized spacial score (nSPS) is 14.8. The summed E-state index contributed by atoms with van der Waals surface area (Å²) >= 11 is 0. The zero-order valence-corrected chi connectivity index (χ0v) is 22.2. The first-order chi connectivity index (χ1) is 19.6. The van der Waals surface area contributed by atoms with Crippen molar-refractivity contribution >= 4 is 33.3 Å². The van der Waals surface area contributed by atoms with Gasteiger partial charge in [-0.2, -0.15) is 18.2 Å². The van der Waals surface area contributed by atoms with Crippen molar-refractivity contribution in [2.24, 2.45) is 0 Å². The van der Waals surface area contributed by atoms with Crippen LogP contribution in [-0.4, -0.2) is 43.9 Å². The van der Waals surface area contributed by atoms with Crippen LogP contribution in [0.4, 0.5) is 30.6 Å². The van der Waals surface area contributed by atoms with Crippen LogP contribution in [0, 0.1) is 0 Å². The topological polar surface area (TPSA) is 122 Å². The van der Waals surface area contributed by atoms with Crippen LogP contribution in [-0.2, 0) is 16.2 Å². The number of alkyl halides is 3. The van der Waals surface area contributed by atoms with Crippen LogP contribution in [0.3, 0.4) is 0 Å². The number of sulfonamides is 1. The third-order valence-corrected chi connectivity index (χ3v) is 7.63. The minimum atomic E-state index is -4.55. The van der Waals surface area contributed by atoms with Crippen LogP contribution < -0.4 is 20.1 Å². The van der Waals surface area contributed by atoms with Gasteiger partial charge in [-0.1, -0.05) is 30.3 Å². The van der Waals surface area contributed by atoms with Gasteiger partial charge in [-0.3, -0.25) is 4.79 Å². The molecular formula is C28H24F3N5O4S. The molecule has 0 fully saturated rings. The minimum Gasteiger partial charge on any atom is -0.485 e. The van der Waals surface area contributed by atoms with E-state index in [9.17, 15) is 26.4 Å². The Kier molecular flexibility index (Phi) is 7.90. The lowest BCUT2D eigenvalue weighted by Gasteiger charge is -2.14. The number of nitrogens with zero attached hydrogens (tertiary/aromatic N) is 2. The number of carbonyl (C=O) groups is 1. The molecule has 4 bridgehead atoms. The molecule has 212 valence electrons. The Labute approximate surface area is 233 Å². The Balaban J connectivity index is 1.31. The van der Waals surface area contributed by atoms with Gasteiger partial charge in [0.25, 0.3) is 0 Å². The molecule has 0 saturated carbocycles. The molecule has 4 aromatic rings. The van der Waals surface area contributed by atoms with Crippen molar-refractivity contribution < 1.29 is 31.1 Å². The Morgan fingerprint density at radius 2 is 1.76 bits per heavy atom. The van der Waals surface area contributed by atoms with Crippen LogP contribution in [0.1, 0.15) is 22.3 Å². The van der Waals surface area contributed by atoms with Gasteiger partial charge in [-0.25, -0.2) is 18.1 Å². The number of hydrogen-bond donors (Lipinski definition) is 3. The molecule has 0 amide bonds. The highest BCUT2D eigenvalue weighted by Gasteiger charge is 2.31. The van der Waals surface area contributed by atoms with Gasteiger partial charge in [0.15, 0.2) is 12.4 Å².